The largest absolute Gasteiger partial charge is 0.756 e. The first-order chi connectivity index (χ1) is 36.9. The lowest BCUT2D eigenvalue weighted by atomic mass is 10.0. The van der Waals surface area contributed by atoms with Gasteiger partial charge in [0.1, 0.15) is 19.3 Å². The summed E-state index contributed by atoms with van der Waals surface area (Å²) in [5.74, 6) is -0.540. The highest BCUT2D eigenvalue weighted by molar-refractivity contribution is 7.45. The number of carbonyl (C=O) groups is 2. The summed E-state index contributed by atoms with van der Waals surface area (Å²) >= 11 is 0. The van der Waals surface area contributed by atoms with Crippen molar-refractivity contribution in [3.8, 4) is 0 Å². The van der Waals surface area contributed by atoms with Gasteiger partial charge in [-0.3, -0.25) is 14.2 Å². The predicted octanol–water partition coefficient (Wildman–Crippen LogP) is 19.7. The Morgan fingerprint density at radius 3 is 1.16 bits per heavy atom. The number of carbonyl (C=O) groups excluding carboxylic acids is 2. The van der Waals surface area contributed by atoms with E-state index in [1.807, 2.05) is 33.3 Å². The monoisotopic (exact) mass is 1090 g/mol. The number of ether oxygens (including phenoxy) is 1. The molecule has 0 fully saturated rings. The summed E-state index contributed by atoms with van der Waals surface area (Å²) in [6.07, 6.45) is 68.5. The summed E-state index contributed by atoms with van der Waals surface area (Å²) in [7, 11) is 1.19. The molecule has 0 aliphatic heterocycles. The molecule has 9 nitrogen and oxygen atoms in total. The maximum absolute atomic E-state index is 13.5. The molecular weight excluding hydrogens is 964 g/mol. The average molecular weight is 1090 g/mol. The number of phosphoric ester groups is 1. The van der Waals surface area contributed by atoms with Crippen LogP contribution in [-0.4, -0.2) is 69.4 Å². The Morgan fingerprint density at radius 2 is 0.776 bits per heavy atom. The third-order valence-corrected chi connectivity index (χ3v) is 15.8. The minimum Gasteiger partial charge on any atom is -0.756 e. The molecule has 0 aliphatic rings. The highest BCUT2D eigenvalue weighted by Gasteiger charge is 2.27. The Bertz CT molecular complexity index is 1400. The fraction of sp³-hybridized carbons (Fsp3) is 0.879. The summed E-state index contributed by atoms with van der Waals surface area (Å²) in [6, 6.07) is -0.887. The van der Waals surface area contributed by atoms with Crippen LogP contribution >= 0.6 is 7.82 Å². The number of allylic oxidation sites excluding steroid dienone is 5. The fourth-order valence-electron chi connectivity index (χ4n) is 9.68. The molecule has 0 bridgehead atoms. The van der Waals surface area contributed by atoms with E-state index in [1.165, 1.54) is 205 Å². The first kappa shape index (κ1) is 74.2. The van der Waals surface area contributed by atoms with Gasteiger partial charge in [-0.25, -0.2) is 0 Å². The maximum atomic E-state index is 13.5. The van der Waals surface area contributed by atoms with Gasteiger partial charge in [-0.2, -0.15) is 0 Å². The van der Waals surface area contributed by atoms with Crippen LogP contribution in [0.3, 0.4) is 0 Å². The van der Waals surface area contributed by atoms with E-state index in [2.05, 4.69) is 50.4 Å². The van der Waals surface area contributed by atoms with Crippen molar-refractivity contribution in [3.63, 3.8) is 0 Å². The molecule has 0 saturated heterocycles. The summed E-state index contributed by atoms with van der Waals surface area (Å²) in [5, 5.41) is 3.03. The summed E-state index contributed by atoms with van der Waals surface area (Å²) in [5.41, 5.74) is 0. The number of likely N-dealkylation sites (N-methyl/N-ethyl adjacent to an activating group) is 1. The minimum atomic E-state index is -4.69. The molecule has 0 aliphatic carbocycles. The average Bonchev–Trinajstić information content (AvgIpc) is 3.38. The fourth-order valence-corrected chi connectivity index (χ4v) is 10.4. The van der Waals surface area contributed by atoms with Crippen molar-refractivity contribution in [1.29, 1.82) is 0 Å². The molecule has 0 aromatic heterocycles. The first-order valence-electron chi connectivity index (χ1n) is 32.8. The van der Waals surface area contributed by atoms with Crippen molar-refractivity contribution in [2.24, 2.45) is 0 Å². The van der Waals surface area contributed by atoms with Crippen molar-refractivity contribution in [1.82, 2.24) is 5.32 Å². The molecule has 0 radical (unpaired) electrons. The Morgan fingerprint density at radius 1 is 0.447 bits per heavy atom. The molecule has 1 N–H and O–H groups in total. The number of amides is 1. The van der Waals surface area contributed by atoms with Gasteiger partial charge in [0.15, 0.2) is 0 Å². The lowest BCUT2D eigenvalue weighted by Crippen LogP contribution is -2.47. The molecule has 76 heavy (non-hydrogen) atoms. The van der Waals surface area contributed by atoms with Gasteiger partial charge in [-0.05, 0) is 76.7 Å². The van der Waals surface area contributed by atoms with E-state index in [1.54, 1.807) is 0 Å². The Kier molecular flexibility index (Phi) is 55.2. The molecule has 448 valence electrons. The lowest BCUT2D eigenvalue weighted by Gasteiger charge is -2.30. The van der Waals surface area contributed by atoms with E-state index in [0.29, 0.717) is 17.4 Å². The highest BCUT2D eigenvalue weighted by atomic mass is 31.2. The predicted molar refractivity (Wildman–Crippen MR) is 326 cm³/mol. The molecule has 3 unspecified atom stereocenters. The van der Waals surface area contributed by atoms with Crippen molar-refractivity contribution >= 4 is 19.7 Å². The van der Waals surface area contributed by atoms with Crippen LogP contribution in [0.4, 0.5) is 0 Å². The second-order valence-corrected chi connectivity index (χ2v) is 25.0. The van der Waals surface area contributed by atoms with Gasteiger partial charge in [-0.15, -0.1) is 0 Å². The molecule has 0 rings (SSSR count). The summed E-state index contributed by atoms with van der Waals surface area (Å²) < 4.78 is 30.3. The van der Waals surface area contributed by atoms with Crippen molar-refractivity contribution in [2.75, 3.05) is 40.9 Å². The second-order valence-electron chi connectivity index (χ2n) is 23.6. The Hall–Kier alpha value is -1.77. The van der Waals surface area contributed by atoms with Gasteiger partial charge in [-0.1, -0.05) is 269 Å². The second kappa shape index (κ2) is 56.5. The number of hydrogen-bond donors (Lipinski definition) is 1. The van der Waals surface area contributed by atoms with Gasteiger partial charge in [0, 0.05) is 12.8 Å². The number of nitrogens with one attached hydrogen (secondary N) is 1. The first-order valence-corrected chi connectivity index (χ1v) is 34.3. The number of rotatable bonds is 60. The van der Waals surface area contributed by atoms with Crippen LogP contribution in [0.25, 0.3) is 0 Å². The normalized spacial score (nSPS) is 13.8. The van der Waals surface area contributed by atoms with E-state index in [4.69, 9.17) is 13.8 Å². The number of hydrogen-bond acceptors (Lipinski definition) is 7. The Balaban J connectivity index is 4.94. The molecule has 0 spiro atoms. The lowest BCUT2D eigenvalue weighted by molar-refractivity contribution is -0.870. The molecule has 0 aromatic rings. The molecule has 3 atom stereocenters. The number of esters is 1. The van der Waals surface area contributed by atoms with E-state index >= 15 is 0 Å². The van der Waals surface area contributed by atoms with Crippen LogP contribution in [0.2, 0.25) is 0 Å². The molecule has 0 aromatic carbocycles. The van der Waals surface area contributed by atoms with Crippen LogP contribution < -0.4 is 10.2 Å². The van der Waals surface area contributed by atoms with Gasteiger partial charge >= 0.3 is 5.97 Å². The third-order valence-electron chi connectivity index (χ3n) is 14.8. The molecule has 1 amide bonds. The standard InChI is InChI=1S/C66H127N2O7P/c1-7-10-13-16-19-22-25-27-28-29-30-31-32-33-34-35-36-37-38-39-40-41-44-46-49-52-55-58-65(69)67-63(62-74-76(71,72)73-61-60-68(4,5)6)64(57-54-51-48-45-43-26-23-20-17-14-11-8-2)75-66(70)59-56-53-50-47-42-24-21-18-15-12-9-3/h18,21,27-28,54,57,63-64H,7-17,19-20,22-26,29-53,55-56,58-62H2,1-6H3,(H-,67,69,71,72)/b21-18-,28-27+,57-54-. The molecular formula is C66H127N2O7P. The van der Waals surface area contributed by atoms with E-state index in [-0.39, 0.29) is 31.5 Å². The van der Waals surface area contributed by atoms with Crippen LogP contribution in [0.15, 0.2) is 36.5 Å². The molecule has 0 heterocycles. The van der Waals surface area contributed by atoms with E-state index < -0.39 is 20.0 Å². The van der Waals surface area contributed by atoms with Crippen LogP contribution in [0.1, 0.15) is 323 Å². The van der Waals surface area contributed by atoms with Gasteiger partial charge < -0.3 is 28.5 Å². The summed E-state index contributed by atoms with van der Waals surface area (Å²) in [6.45, 7) is 6.83. The highest BCUT2D eigenvalue weighted by Crippen LogP contribution is 2.38. The Labute approximate surface area is 472 Å². The smallest absolute Gasteiger partial charge is 0.306 e. The van der Waals surface area contributed by atoms with Crippen LogP contribution in [-0.2, 0) is 27.9 Å². The zero-order valence-corrected chi connectivity index (χ0v) is 52.1. The zero-order valence-electron chi connectivity index (χ0n) is 51.2. The topological polar surface area (TPSA) is 114 Å². The van der Waals surface area contributed by atoms with Crippen molar-refractivity contribution in [3.05, 3.63) is 36.5 Å². The SMILES string of the molecule is CCCC/C=C\CCCCCCCC(=O)OC(/C=C\CCCCCCCCCCCC)C(COP(=O)([O-])OCC[N+](C)(C)C)NC(=O)CCCCCCCCCCCCCCCCCCC/C=C/CCCCCCCC. The minimum absolute atomic E-state index is 0.0213. The zero-order chi connectivity index (χ0) is 55.7. The van der Waals surface area contributed by atoms with Gasteiger partial charge in [0.05, 0.1) is 33.8 Å². The van der Waals surface area contributed by atoms with Crippen LogP contribution in [0, 0.1) is 0 Å². The number of quaternary nitrogens is 1. The number of unbranched alkanes of at least 4 members (excludes halogenated alkanes) is 40. The van der Waals surface area contributed by atoms with E-state index in [0.717, 1.165) is 83.5 Å². The van der Waals surface area contributed by atoms with Crippen LogP contribution in [0.5, 0.6) is 0 Å². The quantitative estimate of drug-likeness (QED) is 0.0212. The molecule has 10 heteroatoms. The van der Waals surface area contributed by atoms with Crippen molar-refractivity contribution in [2.45, 2.75) is 335 Å². The van der Waals surface area contributed by atoms with Crippen molar-refractivity contribution < 1.29 is 37.3 Å². The molecule has 0 saturated carbocycles. The third kappa shape index (κ3) is 56.9. The van der Waals surface area contributed by atoms with Gasteiger partial charge in [0.25, 0.3) is 7.82 Å². The number of phosphoric acid groups is 1. The van der Waals surface area contributed by atoms with Gasteiger partial charge in [0.2, 0.25) is 5.91 Å². The number of nitrogens with zero attached hydrogens (tertiary/aromatic N) is 1. The van der Waals surface area contributed by atoms with E-state index in [9.17, 15) is 19.0 Å². The maximum Gasteiger partial charge on any atom is 0.306 e. The summed E-state index contributed by atoms with van der Waals surface area (Å²) in [4.78, 5) is 39.9.